The van der Waals surface area contributed by atoms with Crippen molar-refractivity contribution in [2.45, 2.75) is 47.7 Å². The Bertz CT molecular complexity index is 1120. The fourth-order valence-electron chi connectivity index (χ4n) is 4.41. The van der Waals surface area contributed by atoms with Gasteiger partial charge in [-0.05, 0) is 43.4 Å². The number of hydrogen-bond acceptors (Lipinski definition) is 7. The number of carbonyl (C=O) groups is 1. The predicted molar refractivity (Wildman–Crippen MR) is 130 cm³/mol. The van der Waals surface area contributed by atoms with Gasteiger partial charge in [-0.1, -0.05) is 42.1 Å². The molecule has 0 unspecified atom stereocenters. The SMILES string of the molecule is N#CC1(NC(=O)CSc2ccc(S(=O)(=O)N3CCN(Cc4ccccc4)CC3)cn2)CCCC1. The zero-order chi connectivity index (χ0) is 24.0. The average Bonchev–Trinajstić information content (AvgIpc) is 3.33. The van der Waals surface area contributed by atoms with Crippen molar-refractivity contribution in [3.05, 3.63) is 54.2 Å². The van der Waals surface area contributed by atoms with Gasteiger partial charge in [0.15, 0.2) is 0 Å². The summed E-state index contributed by atoms with van der Waals surface area (Å²) in [4.78, 5) is 19.0. The van der Waals surface area contributed by atoms with Crippen LogP contribution in [0.25, 0.3) is 0 Å². The van der Waals surface area contributed by atoms with Crippen LogP contribution < -0.4 is 5.32 Å². The number of nitrogens with zero attached hydrogens (tertiary/aromatic N) is 4. The molecule has 0 bridgehead atoms. The fourth-order valence-corrected chi connectivity index (χ4v) is 6.42. The Kier molecular flexibility index (Phi) is 7.88. The number of benzene rings is 1. The summed E-state index contributed by atoms with van der Waals surface area (Å²) >= 11 is 1.23. The van der Waals surface area contributed by atoms with Crippen molar-refractivity contribution in [1.82, 2.24) is 19.5 Å². The maximum absolute atomic E-state index is 13.1. The molecule has 2 heterocycles. The van der Waals surface area contributed by atoms with Gasteiger partial charge in [0.1, 0.15) is 10.4 Å². The van der Waals surface area contributed by atoms with Gasteiger partial charge in [-0.2, -0.15) is 9.57 Å². The van der Waals surface area contributed by atoms with E-state index in [1.807, 2.05) is 18.2 Å². The minimum absolute atomic E-state index is 0.131. The molecule has 1 aliphatic carbocycles. The molecule has 34 heavy (non-hydrogen) atoms. The van der Waals surface area contributed by atoms with Gasteiger partial charge in [0, 0.05) is 38.9 Å². The normalized spacial score (nSPS) is 18.9. The van der Waals surface area contributed by atoms with Crippen LogP contribution in [0.2, 0.25) is 0 Å². The first-order valence-corrected chi connectivity index (χ1v) is 13.9. The van der Waals surface area contributed by atoms with Crippen LogP contribution >= 0.6 is 11.8 Å². The highest BCUT2D eigenvalue weighted by atomic mass is 32.2. The number of amides is 1. The van der Waals surface area contributed by atoms with Gasteiger partial charge >= 0.3 is 0 Å². The number of sulfonamides is 1. The first kappa shape index (κ1) is 24.7. The Labute approximate surface area is 205 Å². The quantitative estimate of drug-likeness (QED) is 0.557. The molecule has 1 saturated heterocycles. The lowest BCUT2D eigenvalue weighted by Crippen LogP contribution is -2.48. The molecule has 0 spiro atoms. The molecule has 180 valence electrons. The van der Waals surface area contributed by atoms with Crippen molar-refractivity contribution in [3.8, 4) is 6.07 Å². The second-order valence-corrected chi connectivity index (χ2v) is 11.7. The topological polar surface area (TPSA) is 106 Å². The van der Waals surface area contributed by atoms with Crippen LogP contribution in [0.5, 0.6) is 0 Å². The summed E-state index contributed by atoms with van der Waals surface area (Å²) in [5, 5.41) is 12.8. The van der Waals surface area contributed by atoms with Crippen molar-refractivity contribution >= 4 is 27.7 Å². The number of thioether (sulfide) groups is 1. The van der Waals surface area contributed by atoms with E-state index in [0.717, 1.165) is 19.4 Å². The Morgan fingerprint density at radius 1 is 1.09 bits per heavy atom. The van der Waals surface area contributed by atoms with Gasteiger partial charge in [-0.3, -0.25) is 9.69 Å². The molecule has 4 rings (SSSR count). The number of carbonyl (C=O) groups excluding carboxylic acids is 1. The number of rotatable bonds is 8. The Morgan fingerprint density at radius 3 is 2.41 bits per heavy atom. The summed E-state index contributed by atoms with van der Waals surface area (Å²) in [5.41, 5.74) is 0.476. The maximum Gasteiger partial charge on any atom is 0.244 e. The van der Waals surface area contributed by atoms with Crippen molar-refractivity contribution in [3.63, 3.8) is 0 Å². The first-order valence-electron chi connectivity index (χ1n) is 11.5. The standard InChI is InChI=1S/C24H29N5O3S2/c25-19-24(10-4-5-11-24)27-22(30)18-33-23-9-8-21(16-26-23)34(31,32)29-14-12-28(13-15-29)17-20-6-2-1-3-7-20/h1-3,6-9,16H,4-5,10-15,17-18H2,(H,27,30). The number of piperazine rings is 1. The number of nitriles is 1. The Hall–Kier alpha value is -2.45. The van der Waals surface area contributed by atoms with Crippen LogP contribution in [0.3, 0.4) is 0 Å². The Balaban J connectivity index is 1.28. The zero-order valence-electron chi connectivity index (χ0n) is 19.0. The van der Waals surface area contributed by atoms with E-state index in [2.05, 4.69) is 33.4 Å². The van der Waals surface area contributed by atoms with Gasteiger partial charge in [0.25, 0.3) is 0 Å². The van der Waals surface area contributed by atoms with Crippen molar-refractivity contribution in [2.24, 2.45) is 0 Å². The monoisotopic (exact) mass is 499 g/mol. The van der Waals surface area contributed by atoms with E-state index in [9.17, 15) is 18.5 Å². The maximum atomic E-state index is 13.1. The van der Waals surface area contributed by atoms with Crippen LogP contribution in [0.15, 0.2) is 58.6 Å². The molecule has 1 amide bonds. The van der Waals surface area contributed by atoms with E-state index in [1.165, 1.54) is 27.8 Å². The van der Waals surface area contributed by atoms with E-state index >= 15 is 0 Å². The molecule has 1 aromatic carbocycles. The molecule has 1 aliphatic heterocycles. The largest absolute Gasteiger partial charge is 0.337 e. The molecule has 2 aliphatic rings. The Morgan fingerprint density at radius 2 is 1.79 bits per heavy atom. The number of nitrogens with one attached hydrogen (secondary N) is 1. The minimum Gasteiger partial charge on any atom is -0.337 e. The highest BCUT2D eigenvalue weighted by Crippen LogP contribution is 2.29. The third-order valence-corrected chi connectivity index (χ3v) is 9.15. The lowest BCUT2D eigenvalue weighted by Gasteiger charge is -2.33. The summed E-state index contributed by atoms with van der Waals surface area (Å²) in [6.45, 7) is 3.04. The molecule has 0 atom stereocenters. The molecule has 1 aromatic heterocycles. The van der Waals surface area contributed by atoms with Gasteiger partial charge in [-0.15, -0.1) is 0 Å². The summed E-state index contributed by atoms with van der Waals surface area (Å²) in [5.74, 6) is -0.0772. The fraction of sp³-hybridized carbons (Fsp3) is 0.458. The minimum atomic E-state index is -3.61. The van der Waals surface area contributed by atoms with Gasteiger partial charge < -0.3 is 5.32 Å². The van der Waals surface area contributed by atoms with Gasteiger partial charge in [0.05, 0.1) is 16.8 Å². The van der Waals surface area contributed by atoms with Gasteiger partial charge in [-0.25, -0.2) is 13.4 Å². The summed E-state index contributed by atoms with van der Waals surface area (Å²) in [6, 6.07) is 15.6. The molecule has 1 N–H and O–H groups in total. The third-order valence-electron chi connectivity index (χ3n) is 6.33. The number of aromatic nitrogens is 1. The summed E-state index contributed by atoms with van der Waals surface area (Å²) < 4.78 is 27.6. The van der Waals surface area contributed by atoms with Crippen LogP contribution in [0.1, 0.15) is 31.2 Å². The van der Waals surface area contributed by atoms with Crippen molar-refractivity contribution < 1.29 is 13.2 Å². The van der Waals surface area contributed by atoms with Crippen molar-refractivity contribution in [2.75, 3.05) is 31.9 Å². The predicted octanol–water partition coefficient (Wildman–Crippen LogP) is 2.63. The molecule has 10 heteroatoms. The lowest BCUT2D eigenvalue weighted by atomic mass is 10.0. The molecular weight excluding hydrogens is 470 g/mol. The second-order valence-electron chi connectivity index (χ2n) is 8.74. The second kappa shape index (κ2) is 10.9. The van der Waals surface area contributed by atoms with Crippen LogP contribution in [-0.4, -0.2) is 66.0 Å². The molecular formula is C24H29N5O3S2. The highest BCUT2D eigenvalue weighted by molar-refractivity contribution is 7.99. The van der Waals surface area contributed by atoms with Gasteiger partial charge in [0.2, 0.25) is 15.9 Å². The number of hydrogen-bond donors (Lipinski definition) is 1. The van der Waals surface area contributed by atoms with Crippen LogP contribution in [0.4, 0.5) is 0 Å². The highest BCUT2D eigenvalue weighted by Gasteiger charge is 2.35. The lowest BCUT2D eigenvalue weighted by molar-refractivity contribution is -0.119. The van der Waals surface area contributed by atoms with E-state index in [-0.39, 0.29) is 16.6 Å². The molecule has 1 saturated carbocycles. The summed E-state index contributed by atoms with van der Waals surface area (Å²) in [7, 11) is -3.61. The van der Waals surface area contributed by atoms with Crippen LogP contribution in [0, 0.1) is 11.3 Å². The van der Waals surface area contributed by atoms with E-state index in [4.69, 9.17) is 0 Å². The van der Waals surface area contributed by atoms with E-state index in [1.54, 1.807) is 12.1 Å². The third kappa shape index (κ3) is 5.96. The molecule has 8 nitrogen and oxygen atoms in total. The van der Waals surface area contributed by atoms with Crippen molar-refractivity contribution in [1.29, 1.82) is 5.26 Å². The van der Waals surface area contributed by atoms with E-state index in [0.29, 0.717) is 44.0 Å². The van der Waals surface area contributed by atoms with Crippen LogP contribution in [-0.2, 0) is 21.4 Å². The summed E-state index contributed by atoms with van der Waals surface area (Å²) in [6.07, 6.45) is 4.62. The molecule has 0 radical (unpaired) electrons. The average molecular weight is 500 g/mol. The number of pyridine rings is 1. The molecule has 2 aromatic rings. The smallest absolute Gasteiger partial charge is 0.244 e. The molecule has 2 fully saturated rings. The van der Waals surface area contributed by atoms with E-state index < -0.39 is 15.6 Å². The zero-order valence-corrected chi connectivity index (χ0v) is 20.7. The first-order chi connectivity index (χ1) is 16.4.